The zero-order chi connectivity index (χ0) is 23.4. The van der Waals surface area contributed by atoms with Crippen molar-refractivity contribution in [3.8, 4) is 0 Å². The summed E-state index contributed by atoms with van der Waals surface area (Å²) in [5, 5.41) is 0. The molecule has 0 saturated carbocycles. The van der Waals surface area contributed by atoms with Crippen molar-refractivity contribution in [3.05, 3.63) is 0 Å². The van der Waals surface area contributed by atoms with Gasteiger partial charge in [-0.3, -0.25) is 10.2 Å². The van der Waals surface area contributed by atoms with E-state index in [9.17, 15) is 4.79 Å². The molecule has 0 aliphatic rings. The highest BCUT2D eigenvalue weighted by Crippen LogP contribution is 2.16. The van der Waals surface area contributed by atoms with Gasteiger partial charge in [-0.2, -0.15) is 0 Å². The lowest BCUT2D eigenvalue weighted by Crippen LogP contribution is -2.29. The molecule has 32 heavy (non-hydrogen) atoms. The molecule has 0 fully saturated rings. The first-order valence-electron chi connectivity index (χ1n) is 14.8. The quantitative estimate of drug-likeness (QED) is 0.0564. The molecule has 3 nitrogen and oxygen atoms in total. The number of nitrogens with two attached hydrogens (primary N) is 1. The lowest BCUT2D eigenvalue weighted by Gasteiger charge is -2.04. The number of hydrogen-bond donors (Lipinski definition) is 2. The Kier molecular flexibility index (Phi) is 28.0. The van der Waals surface area contributed by atoms with Crippen molar-refractivity contribution in [1.29, 1.82) is 0 Å². The molecule has 0 atom stereocenters. The van der Waals surface area contributed by atoms with Gasteiger partial charge in [0.2, 0.25) is 5.91 Å². The van der Waals surface area contributed by atoms with Gasteiger partial charge in [-0.15, -0.1) is 0 Å². The summed E-state index contributed by atoms with van der Waals surface area (Å²) in [5.74, 6) is 5.04. The first kappa shape index (κ1) is 31.4. The van der Waals surface area contributed by atoms with Crippen LogP contribution in [0.5, 0.6) is 0 Å². The van der Waals surface area contributed by atoms with Crippen molar-refractivity contribution in [2.75, 3.05) is 0 Å². The van der Waals surface area contributed by atoms with Crippen molar-refractivity contribution < 1.29 is 4.79 Å². The maximum Gasteiger partial charge on any atom is 0.233 e. The molecule has 0 aromatic carbocycles. The molecular formula is C29H60N2O. The van der Waals surface area contributed by atoms with Gasteiger partial charge in [0.1, 0.15) is 0 Å². The smallest absolute Gasteiger partial charge is 0.233 e. The number of hydrogen-bond acceptors (Lipinski definition) is 2. The standard InChI is InChI=1S/C29H60N2O/c1-2-3-4-5-6-7-8-9-10-11-12-13-14-15-16-17-18-19-20-21-22-23-24-25-26-27-28-29(32)31-30/h2-28,30H2,1H3,(H,31,32). The van der Waals surface area contributed by atoms with Crippen molar-refractivity contribution >= 4 is 5.91 Å². The highest BCUT2D eigenvalue weighted by molar-refractivity contribution is 5.74. The average molecular weight is 453 g/mol. The van der Waals surface area contributed by atoms with E-state index in [2.05, 4.69) is 12.3 Å². The van der Waals surface area contributed by atoms with Crippen LogP contribution >= 0.6 is 0 Å². The Bertz CT molecular complexity index is 359. The summed E-state index contributed by atoms with van der Waals surface area (Å²) in [5.41, 5.74) is 2.19. The summed E-state index contributed by atoms with van der Waals surface area (Å²) in [6.45, 7) is 2.30. The highest BCUT2D eigenvalue weighted by Gasteiger charge is 1.98. The van der Waals surface area contributed by atoms with Crippen molar-refractivity contribution in [1.82, 2.24) is 5.43 Å². The van der Waals surface area contributed by atoms with E-state index in [0.29, 0.717) is 6.42 Å². The molecule has 0 aromatic rings. The van der Waals surface area contributed by atoms with E-state index in [1.54, 1.807) is 0 Å². The topological polar surface area (TPSA) is 55.1 Å². The summed E-state index contributed by atoms with van der Waals surface area (Å²) >= 11 is 0. The lowest BCUT2D eigenvalue weighted by atomic mass is 10.0. The SMILES string of the molecule is CCCCCCCCCCCCCCCCCCCCCCCCCCCCC(=O)NN. The highest BCUT2D eigenvalue weighted by atomic mass is 16.2. The van der Waals surface area contributed by atoms with Gasteiger partial charge in [0.25, 0.3) is 0 Å². The van der Waals surface area contributed by atoms with Gasteiger partial charge < -0.3 is 0 Å². The minimum atomic E-state index is -0.0330. The van der Waals surface area contributed by atoms with Crippen LogP contribution in [0, 0.1) is 0 Å². The summed E-state index contributed by atoms with van der Waals surface area (Å²) in [7, 11) is 0. The van der Waals surface area contributed by atoms with Crippen LogP contribution in [0.1, 0.15) is 180 Å². The van der Waals surface area contributed by atoms with Crippen LogP contribution in [0.4, 0.5) is 0 Å². The Hall–Kier alpha value is -0.570. The summed E-state index contributed by atoms with van der Waals surface area (Å²) in [4.78, 5) is 11.0. The predicted octanol–water partition coefficient (Wildman–Crippen LogP) is 9.53. The minimum absolute atomic E-state index is 0.0330. The fourth-order valence-corrected chi connectivity index (χ4v) is 4.67. The number of carbonyl (C=O) groups excluding carboxylic acids is 1. The van der Waals surface area contributed by atoms with Gasteiger partial charge in [-0.25, -0.2) is 5.84 Å². The molecule has 3 heteroatoms. The Balaban J connectivity index is 3.02. The Morgan fingerprint density at radius 1 is 0.438 bits per heavy atom. The zero-order valence-electron chi connectivity index (χ0n) is 22.1. The number of hydrazine groups is 1. The Morgan fingerprint density at radius 2 is 0.656 bits per heavy atom. The maximum atomic E-state index is 11.0. The molecular weight excluding hydrogens is 392 g/mol. The van der Waals surface area contributed by atoms with Crippen LogP contribution in [0.2, 0.25) is 0 Å². The van der Waals surface area contributed by atoms with Crippen molar-refractivity contribution in [2.24, 2.45) is 5.84 Å². The van der Waals surface area contributed by atoms with Gasteiger partial charge in [0.15, 0.2) is 0 Å². The van der Waals surface area contributed by atoms with Gasteiger partial charge in [0, 0.05) is 6.42 Å². The van der Waals surface area contributed by atoms with E-state index < -0.39 is 0 Å². The molecule has 0 radical (unpaired) electrons. The van der Waals surface area contributed by atoms with Crippen LogP contribution in [-0.2, 0) is 4.79 Å². The Morgan fingerprint density at radius 3 is 0.875 bits per heavy atom. The molecule has 0 unspecified atom stereocenters. The maximum absolute atomic E-state index is 11.0. The van der Waals surface area contributed by atoms with Crippen LogP contribution in [0.25, 0.3) is 0 Å². The van der Waals surface area contributed by atoms with Crippen LogP contribution in [0.3, 0.4) is 0 Å². The lowest BCUT2D eigenvalue weighted by molar-refractivity contribution is -0.121. The van der Waals surface area contributed by atoms with E-state index in [4.69, 9.17) is 5.84 Å². The van der Waals surface area contributed by atoms with Gasteiger partial charge in [-0.1, -0.05) is 167 Å². The summed E-state index contributed by atoms with van der Waals surface area (Å²) < 4.78 is 0. The molecule has 1 amide bonds. The van der Waals surface area contributed by atoms with Crippen LogP contribution < -0.4 is 11.3 Å². The zero-order valence-corrected chi connectivity index (χ0v) is 22.1. The molecule has 0 aliphatic carbocycles. The largest absolute Gasteiger partial charge is 0.294 e. The molecule has 0 aromatic heterocycles. The molecule has 192 valence electrons. The second kappa shape index (κ2) is 28.5. The van der Waals surface area contributed by atoms with Crippen molar-refractivity contribution in [2.45, 2.75) is 180 Å². The van der Waals surface area contributed by atoms with E-state index >= 15 is 0 Å². The number of carbonyl (C=O) groups is 1. The van der Waals surface area contributed by atoms with E-state index in [1.807, 2.05) is 0 Å². The Labute approximate surface area is 202 Å². The van der Waals surface area contributed by atoms with Crippen molar-refractivity contribution in [3.63, 3.8) is 0 Å². The molecule has 0 saturated heterocycles. The number of nitrogens with one attached hydrogen (secondary N) is 1. The molecule has 0 rings (SSSR count). The third kappa shape index (κ3) is 27.5. The van der Waals surface area contributed by atoms with Gasteiger partial charge in [-0.05, 0) is 6.42 Å². The first-order chi connectivity index (χ1) is 15.8. The first-order valence-corrected chi connectivity index (χ1v) is 14.8. The second-order valence-corrected chi connectivity index (χ2v) is 10.2. The third-order valence-corrected chi connectivity index (χ3v) is 6.92. The van der Waals surface area contributed by atoms with E-state index in [1.165, 1.54) is 154 Å². The fraction of sp³-hybridized carbons (Fsp3) is 0.966. The number of unbranched alkanes of at least 4 members (excludes halogenated alkanes) is 25. The predicted molar refractivity (Wildman–Crippen MR) is 143 cm³/mol. The molecule has 0 aliphatic heterocycles. The number of rotatable bonds is 27. The van der Waals surface area contributed by atoms with Crippen LogP contribution in [-0.4, -0.2) is 5.91 Å². The normalized spacial score (nSPS) is 11.2. The second-order valence-electron chi connectivity index (χ2n) is 10.2. The molecule has 0 heterocycles. The monoisotopic (exact) mass is 452 g/mol. The summed E-state index contributed by atoms with van der Waals surface area (Å²) in [6.07, 6.45) is 37.1. The third-order valence-electron chi connectivity index (χ3n) is 6.92. The van der Waals surface area contributed by atoms with Crippen LogP contribution in [0.15, 0.2) is 0 Å². The van der Waals surface area contributed by atoms with Gasteiger partial charge >= 0.3 is 0 Å². The molecule has 0 bridgehead atoms. The summed E-state index contributed by atoms with van der Waals surface area (Å²) in [6, 6.07) is 0. The number of amides is 1. The fourth-order valence-electron chi connectivity index (χ4n) is 4.67. The average Bonchev–Trinajstić information content (AvgIpc) is 2.81. The van der Waals surface area contributed by atoms with Gasteiger partial charge in [0.05, 0.1) is 0 Å². The minimum Gasteiger partial charge on any atom is -0.294 e. The van der Waals surface area contributed by atoms with E-state index in [-0.39, 0.29) is 5.91 Å². The molecule has 0 spiro atoms. The van der Waals surface area contributed by atoms with E-state index in [0.717, 1.165) is 12.8 Å². The molecule has 3 N–H and O–H groups in total.